The molecule has 2 unspecified atom stereocenters. The number of imidazole rings is 1. The SMILES string of the molecule is CCCNC(c1ccc(OC)cc1)C(C)n1ccnc1C. The number of nitrogens with one attached hydrogen (secondary N) is 1. The Morgan fingerprint density at radius 3 is 2.52 bits per heavy atom. The predicted octanol–water partition coefficient (Wildman–Crippen LogP) is 3.50. The van der Waals surface area contributed by atoms with E-state index < -0.39 is 0 Å². The van der Waals surface area contributed by atoms with Crippen molar-refractivity contribution in [2.75, 3.05) is 13.7 Å². The maximum Gasteiger partial charge on any atom is 0.118 e. The Hall–Kier alpha value is -1.81. The lowest BCUT2D eigenvalue weighted by Gasteiger charge is -2.27. The standard InChI is InChI=1S/C17H25N3O/c1-5-10-19-17(13(2)20-12-11-18-14(20)3)15-6-8-16(21-4)9-7-15/h6-9,11-13,17,19H,5,10H2,1-4H3. The van der Waals surface area contributed by atoms with E-state index in [9.17, 15) is 0 Å². The number of hydrogen-bond donors (Lipinski definition) is 1. The second-order valence-electron chi connectivity index (χ2n) is 5.33. The van der Waals surface area contributed by atoms with E-state index in [1.807, 2.05) is 31.5 Å². The number of rotatable bonds is 7. The summed E-state index contributed by atoms with van der Waals surface area (Å²) in [4.78, 5) is 4.34. The van der Waals surface area contributed by atoms with Crippen LogP contribution in [0.1, 0.15) is 43.7 Å². The van der Waals surface area contributed by atoms with Crippen molar-refractivity contribution in [1.82, 2.24) is 14.9 Å². The van der Waals surface area contributed by atoms with E-state index >= 15 is 0 Å². The average Bonchev–Trinajstić information content (AvgIpc) is 2.94. The van der Waals surface area contributed by atoms with Crippen LogP contribution in [0.3, 0.4) is 0 Å². The zero-order chi connectivity index (χ0) is 15.2. The number of hydrogen-bond acceptors (Lipinski definition) is 3. The normalized spacial score (nSPS) is 13.9. The highest BCUT2D eigenvalue weighted by Crippen LogP contribution is 2.28. The molecule has 0 aliphatic heterocycles. The maximum atomic E-state index is 5.25. The number of nitrogens with zero attached hydrogens (tertiary/aromatic N) is 2. The molecule has 0 bridgehead atoms. The molecule has 0 spiro atoms. The van der Waals surface area contributed by atoms with Crippen LogP contribution in [0.4, 0.5) is 0 Å². The lowest BCUT2D eigenvalue weighted by Crippen LogP contribution is -2.29. The molecule has 0 radical (unpaired) electrons. The van der Waals surface area contributed by atoms with Crippen molar-refractivity contribution in [1.29, 1.82) is 0 Å². The van der Waals surface area contributed by atoms with Crippen molar-refractivity contribution in [2.45, 2.75) is 39.3 Å². The fraction of sp³-hybridized carbons (Fsp3) is 0.471. The van der Waals surface area contributed by atoms with Gasteiger partial charge >= 0.3 is 0 Å². The molecule has 1 N–H and O–H groups in total. The largest absolute Gasteiger partial charge is 0.497 e. The number of aromatic nitrogens is 2. The summed E-state index contributed by atoms with van der Waals surface area (Å²) in [7, 11) is 1.69. The fourth-order valence-corrected chi connectivity index (χ4v) is 2.66. The average molecular weight is 287 g/mol. The molecule has 0 saturated carbocycles. The van der Waals surface area contributed by atoms with Gasteiger partial charge in [0.25, 0.3) is 0 Å². The van der Waals surface area contributed by atoms with Crippen molar-refractivity contribution in [3.63, 3.8) is 0 Å². The monoisotopic (exact) mass is 287 g/mol. The summed E-state index contributed by atoms with van der Waals surface area (Å²) in [5, 5.41) is 3.65. The first-order valence-electron chi connectivity index (χ1n) is 7.54. The predicted molar refractivity (Wildman–Crippen MR) is 85.7 cm³/mol. The van der Waals surface area contributed by atoms with E-state index in [1.165, 1.54) is 5.56 Å². The quantitative estimate of drug-likeness (QED) is 0.847. The van der Waals surface area contributed by atoms with Crippen LogP contribution < -0.4 is 10.1 Å². The Labute approximate surface area is 127 Å². The van der Waals surface area contributed by atoms with Gasteiger partial charge in [-0.3, -0.25) is 0 Å². The van der Waals surface area contributed by atoms with Crippen LogP contribution in [0.15, 0.2) is 36.7 Å². The highest BCUT2D eigenvalue weighted by atomic mass is 16.5. The van der Waals surface area contributed by atoms with E-state index in [-0.39, 0.29) is 6.04 Å². The highest BCUT2D eigenvalue weighted by molar-refractivity contribution is 5.29. The summed E-state index contributed by atoms with van der Waals surface area (Å²) < 4.78 is 7.47. The second-order valence-corrected chi connectivity index (χ2v) is 5.33. The lowest BCUT2D eigenvalue weighted by molar-refractivity contribution is 0.373. The third kappa shape index (κ3) is 3.64. The minimum atomic E-state index is 0.253. The third-order valence-electron chi connectivity index (χ3n) is 3.87. The Morgan fingerprint density at radius 2 is 2.00 bits per heavy atom. The molecule has 4 heteroatoms. The number of methoxy groups -OCH3 is 1. The van der Waals surface area contributed by atoms with Gasteiger partial charge in [-0.15, -0.1) is 0 Å². The van der Waals surface area contributed by atoms with Gasteiger partial charge in [-0.25, -0.2) is 4.98 Å². The van der Waals surface area contributed by atoms with Crippen molar-refractivity contribution in [3.05, 3.63) is 48.0 Å². The number of benzene rings is 1. The smallest absolute Gasteiger partial charge is 0.118 e. The van der Waals surface area contributed by atoms with Crippen molar-refractivity contribution < 1.29 is 4.74 Å². The van der Waals surface area contributed by atoms with Gasteiger partial charge in [-0.05, 0) is 44.5 Å². The zero-order valence-corrected chi connectivity index (χ0v) is 13.3. The van der Waals surface area contributed by atoms with Gasteiger partial charge < -0.3 is 14.6 Å². The molecule has 1 heterocycles. The van der Waals surface area contributed by atoms with Gasteiger partial charge in [-0.2, -0.15) is 0 Å². The van der Waals surface area contributed by atoms with Gasteiger partial charge in [0.05, 0.1) is 19.2 Å². The van der Waals surface area contributed by atoms with Crippen molar-refractivity contribution in [2.24, 2.45) is 0 Å². The van der Waals surface area contributed by atoms with Crippen LogP contribution in [0.2, 0.25) is 0 Å². The molecule has 0 aliphatic rings. The van der Waals surface area contributed by atoms with E-state index in [1.54, 1.807) is 7.11 Å². The Morgan fingerprint density at radius 1 is 1.29 bits per heavy atom. The number of aryl methyl sites for hydroxylation is 1. The molecule has 0 saturated heterocycles. The van der Waals surface area contributed by atoms with Gasteiger partial charge in [0.2, 0.25) is 0 Å². The first-order valence-corrected chi connectivity index (χ1v) is 7.54. The Kier molecular flexibility index (Phi) is 5.39. The summed E-state index contributed by atoms with van der Waals surface area (Å²) in [6, 6.07) is 8.85. The molecule has 0 aliphatic carbocycles. The second kappa shape index (κ2) is 7.27. The third-order valence-corrected chi connectivity index (χ3v) is 3.87. The van der Waals surface area contributed by atoms with Gasteiger partial charge in [-0.1, -0.05) is 19.1 Å². The summed E-state index contributed by atoms with van der Waals surface area (Å²) in [5.41, 5.74) is 1.27. The first-order chi connectivity index (χ1) is 10.2. The highest BCUT2D eigenvalue weighted by Gasteiger charge is 2.21. The van der Waals surface area contributed by atoms with Crippen LogP contribution in [0, 0.1) is 6.92 Å². The van der Waals surface area contributed by atoms with E-state index in [0.717, 1.165) is 24.5 Å². The molecule has 2 atom stereocenters. The van der Waals surface area contributed by atoms with Crippen LogP contribution in [-0.4, -0.2) is 23.2 Å². The molecule has 21 heavy (non-hydrogen) atoms. The summed E-state index contributed by atoms with van der Waals surface area (Å²) >= 11 is 0. The van der Waals surface area contributed by atoms with Gasteiger partial charge in [0, 0.05) is 12.4 Å². The number of ether oxygens (including phenoxy) is 1. The Balaban J connectivity index is 2.26. The van der Waals surface area contributed by atoms with E-state index in [0.29, 0.717) is 6.04 Å². The molecule has 0 amide bonds. The molecule has 114 valence electrons. The molecule has 1 aromatic carbocycles. The lowest BCUT2D eigenvalue weighted by atomic mass is 9.99. The van der Waals surface area contributed by atoms with Crippen LogP contribution in [0.25, 0.3) is 0 Å². The molecule has 0 fully saturated rings. The van der Waals surface area contributed by atoms with E-state index in [2.05, 4.69) is 40.8 Å². The zero-order valence-electron chi connectivity index (χ0n) is 13.3. The molecule has 2 aromatic rings. The van der Waals surface area contributed by atoms with Crippen molar-refractivity contribution in [3.8, 4) is 5.75 Å². The molecule has 1 aromatic heterocycles. The minimum absolute atomic E-state index is 0.253. The maximum absolute atomic E-state index is 5.25. The molecular formula is C17H25N3O. The fourth-order valence-electron chi connectivity index (χ4n) is 2.66. The topological polar surface area (TPSA) is 39.1 Å². The molecular weight excluding hydrogens is 262 g/mol. The van der Waals surface area contributed by atoms with Crippen LogP contribution in [0.5, 0.6) is 5.75 Å². The first kappa shape index (κ1) is 15.6. The van der Waals surface area contributed by atoms with Crippen LogP contribution in [-0.2, 0) is 0 Å². The van der Waals surface area contributed by atoms with Crippen molar-refractivity contribution >= 4 is 0 Å². The summed E-state index contributed by atoms with van der Waals surface area (Å²) in [6.45, 7) is 7.45. The van der Waals surface area contributed by atoms with Gasteiger partial charge in [0.15, 0.2) is 0 Å². The van der Waals surface area contributed by atoms with Crippen LogP contribution >= 0.6 is 0 Å². The minimum Gasteiger partial charge on any atom is -0.497 e. The molecule has 2 rings (SSSR count). The van der Waals surface area contributed by atoms with Gasteiger partial charge in [0.1, 0.15) is 11.6 Å². The Bertz CT molecular complexity index is 547. The van der Waals surface area contributed by atoms with E-state index in [4.69, 9.17) is 4.74 Å². The summed E-state index contributed by atoms with van der Waals surface area (Å²) in [5.74, 6) is 1.93. The summed E-state index contributed by atoms with van der Waals surface area (Å²) in [6.07, 6.45) is 5.02. The molecule has 4 nitrogen and oxygen atoms in total.